The summed E-state index contributed by atoms with van der Waals surface area (Å²) in [4.78, 5) is 7.30. The van der Waals surface area contributed by atoms with Crippen LogP contribution in [0.2, 0.25) is 0 Å². The summed E-state index contributed by atoms with van der Waals surface area (Å²) in [6, 6.07) is 96.5. The summed E-state index contributed by atoms with van der Waals surface area (Å²) < 4.78 is 0. The summed E-state index contributed by atoms with van der Waals surface area (Å²) in [7, 11) is 0. The second-order valence-electron chi connectivity index (χ2n) is 20.5. The predicted molar refractivity (Wildman–Crippen MR) is 322 cm³/mol. The van der Waals surface area contributed by atoms with E-state index in [1.54, 1.807) is 0 Å². The Bertz CT molecular complexity index is 3660. The third-order valence-corrected chi connectivity index (χ3v) is 15.9. The van der Waals surface area contributed by atoms with Crippen LogP contribution >= 0.6 is 0 Å². The minimum Gasteiger partial charge on any atom is -0.310 e. The molecule has 12 rings (SSSR count). The second kappa shape index (κ2) is 19.9. The van der Waals surface area contributed by atoms with Gasteiger partial charge in [-0.05, 0) is 193 Å². The number of anilines is 9. The van der Waals surface area contributed by atoms with Crippen LogP contribution in [0.1, 0.15) is 55.6 Å². The van der Waals surface area contributed by atoms with E-state index in [0.717, 1.165) is 51.2 Å². The first-order valence-corrected chi connectivity index (χ1v) is 26.5. The molecule has 76 heavy (non-hydrogen) atoms. The predicted octanol–water partition coefficient (Wildman–Crippen LogP) is 20.0. The molecule has 0 N–H and O–H groups in total. The van der Waals surface area contributed by atoms with E-state index in [2.05, 4.69) is 317 Å². The van der Waals surface area contributed by atoms with Crippen LogP contribution in [0.4, 0.5) is 51.2 Å². The summed E-state index contributed by atoms with van der Waals surface area (Å²) >= 11 is 0. The largest absolute Gasteiger partial charge is 0.310 e. The van der Waals surface area contributed by atoms with Gasteiger partial charge in [-0.3, -0.25) is 0 Å². The van der Waals surface area contributed by atoms with E-state index in [1.165, 1.54) is 77.9 Å². The average Bonchev–Trinajstić information content (AvgIpc) is 3.53. The molecule has 1 aliphatic rings. The number of aryl methyl sites for hydroxylation is 4. The highest BCUT2D eigenvalue weighted by molar-refractivity contribution is 5.91. The fraction of sp³-hybridized carbons (Fsp3) is 0.0959. The van der Waals surface area contributed by atoms with Crippen LogP contribution in [0.3, 0.4) is 0 Å². The normalized spacial score (nSPS) is 12.4. The maximum absolute atomic E-state index is 2.47. The number of hydrogen-bond acceptors (Lipinski definition) is 3. The van der Waals surface area contributed by atoms with E-state index in [1.807, 2.05) is 0 Å². The Morgan fingerprint density at radius 3 is 1.17 bits per heavy atom. The molecule has 1 aliphatic heterocycles. The van der Waals surface area contributed by atoms with E-state index >= 15 is 0 Å². The fourth-order valence-electron chi connectivity index (χ4n) is 11.6. The summed E-state index contributed by atoms with van der Waals surface area (Å²) in [6.07, 6.45) is 0. The number of hydrogen-bond donors (Lipinski definition) is 0. The van der Waals surface area contributed by atoms with E-state index in [-0.39, 0.29) is 0 Å². The van der Waals surface area contributed by atoms with Crippen molar-refractivity contribution >= 4 is 51.2 Å². The van der Waals surface area contributed by atoms with E-state index in [4.69, 9.17) is 0 Å². The van der Waals surface area contributed by atoms with Crippen LogP contribution in [0.25, 0.3) is 22.3 Å². The van der Waals surface area contributed by atoms with Gasteiger partial charge in [0.15, 0.2) is 0 Å². The lowest BCUT2D eigenvalue weighted by Gasteiger charge is -2.47. The van der Waals surface area contributed by atoms with Crippen molar-refractivity contribution in [2.45, 2.75) is 47.0 Å². The minimum absolute atomic E-state index is 0.723. The lowest BCUT2D eigenvalue weighted by Crippen LogP contribution is -2.38. The van der Waals surface area contributed by atoms with Gasteiger partial charge in [0.2, 0.25) is 0 Å². The molecule has 0 amide bonds. The molecule has 3 nitrogen and oxygen atoms in total. The fourth-order valence-corrected chi connectivity index (χ4v) is 11.6. The molecule has 0 bridgehead atoms. The van der Waals surface area contributed by atoms with Crippen LogP contribution in [0, 0.1) is 41.5 Å². The highest BCUT2D eigenvalue weighted by Gasteiger charge is 2.47. The van der Waals surface area contributed by atoms with Gasteiger partial charge in [-0.15, -0.1) is 0 Å². The first-order chi connectivity index (χ1) is 37.2. The zero-order valence-electron chi connectivity index (χ0n) is 44.2. The average molecular weight is 980 g/mol. The zero-order chi connectivity index (χ0) is 51.9. The Morgan fingerprint density at radius 1 is 0.303 bits per heavy atom. The van der Waals surface area contributed by atoms with E-state index < -0.39 is 5.41 Å². The number of nitrogens with zero attached hydrogens (tertiary/aromatic N) is 3. The molecule has 0 spiro atoms. The van der Waals surface area contributed by atoms with Crippen molar-refractivity contribution in [2.75, 3.05) is 14.7 Å². The molecular weight excluding hydrogens is 919 g/mol. The van der Waals surface area contributed by atoms with E-state index in [0.29, 0.717) is 0 Å². The van der Waals surface area contributed by atoms with Gasteiger partial charge >= 0.3 is 0 Å². The Hall–Kier alpha value is -9.18. The first-order valence-electron chi connectivity index (χ1n) is 26.5. The SMILES string of the molecule is Cc1ccc(N2c3ccccc3C(c3ccc(N(c4ccc(-c5ccccc5)cc4)c4cccc(C)c4C)cc3)(c3ccc(N(c4ccc(-c5ccccc5)cc4)c4cccc(C)c4C)cc3)c3cc(C)ccc32)cc1. The molecule has 1 heterocycles. The number of fused-ring (bicyclic) bond motifs is 2. The maximum atomic E-state index is 2.47. The highest BCUT2D eigenvalue weighted by atomic mass is 15.2. The van der Waals surface area contributed by atoms with Crippen LogP contribution in [-0.4, -0.2) is 0 Å². The molecule has 0 unspecified atom stereocenters. The standard InChI is InChI=1S/C73H61N3/c1-50-27-38-66(39-28-50)76-71-24-14-13-23-67(71)73(68-49-51(2)29-48-72(68)76,60-34-44-64(45-35-60)74(69-25-15-17-52(3)54(69)5)62-40-30-58(31-41-62)56-19-9-7-10-20-56)61-36-46-65(47-37-61)75(70-26-16-18-53(4)55(70)6)63-42-32-59(33-43-63)57-21-11-8-12-22-57/h7-49H,1-6H3. The number of rotatable bonds is 11. The molecule has 11 aromatic rings. The quantitative estimate of drug-likeness (QED) is 0.128. The molecule has 11 aromatic carbocycles. The van der Waals surface area contributed by atoms with Gasteiger partial charge in [0.05, 0.1) is 16.8 Å². The third kappa shape index (κ3) is 8.44. The molecule has 0 atom stereocenters. The highest BCUT2D eigenvalue weighted by Crippen LogP contribution is 2.58. The van der Waals surface area contributed by atoms with Crippen molar-refractivity contribution in [3.63, 3.8) is 0 Å². The summed E-state index contributed by atoms with van der Waals surface area (Å²) in [6.45, 7) is 13.3. The third-order valence-electron chi connectivity index (χ3n) is 15.9. The smallest absolute Gasteiger partial charge is 0.0742 e. The molecule has 368 valence electrons. The van der Waals surface area contributed by atoms with Gasteiger partial charge in [-0.1, -0.05) is 187 Å². The Labute approximate surface area is 449 Å². The molecular formula is C73H61N3. The van der Waals surface area contributed by atoms with Gasteiger partial charge in [0, 0.05) is 39.8 Å². The second-order valence-corrected chi connectivity index (χ2v) is 20.5. The van der Waals surface area contributed by atoms with Crippen molar-refractivity contribution in [3.05, 3.63) is 316 Å². The Balaban J connectivity index is 1.06. The van der Waals surface area contributed by atoms with Crippen LogP contribution in [0.15, 0.2) is 261 Å². The van der Waals surface area contributed by atoms with Crippen molar-refractivity contribution in [2.24, 2.45) is 0 Å². The molecule has 0 radical (unpaired) electrons. The zero-order valence-corrected chi connectivity index (χ0v) is 44.2. The van der Waals surface area contributed by atoms with Gasteiger partial charge in [0.1, 0.15) is 0 Å². The van der Waals surface area contributed by atoms with Crippen molar-refractivity contribution in [3.8, 4) is 22.3 Å². The molecule has 0 fully saturated rings. The molecule has 0 saturated carbocycles. The van der Waals surface area contributed by atoms with Gasteiger partial charge in [0.25, 0.3) is 0 Å². The van der Waals surface area contributed by atoms with Gasteiger partial charge in [-0.25, -0.2) is 0 Å². The topological polar surface area (TPSA) is 9.72 Å². The molecule has 0 saturated heterocycles. The Morgan fingerprint density at radius 2 is 0.697 bits per heavy atom. The molecule has 0 aliphatic carbocycles. The van der Waals surface area contributed by atoms with Crippen LogP contribution < -0.4 is 14.7 Å². The first kappa shape index (κ1) is 47.8. The Kier molecular flexibility index (Phi) is 12.5. The van der Waals surface area contributed by atoms with Crippen molar-refractivity contribution in [1.82, 2.24) is 0 Å². The summed E-state index contributed by atoms with van der Waals surface area (Å²) in [5, 5.41) is 0. The van der Waals surface area contributed by atoms with Gasteiger partial charge < -0.3 is 14.7 Å². The number of para-hydroxylation sites is 1. The summed E-state index contributed by atoms with van der Waals surface area (Å²) in [5.74, 6) is 0. The monoisotopic (exact) mass is 979 g/mol. The molecule has 0 aromatic heterocycles. The van der Waals surface area contributed by atoms with Crippen molar-refractivity contribution in [1.29, 1.82) is 0 Å². The van der Waals surface area contributed by atoms with Crippen molar-refractivity contribution < 1.29 is 0 Å². The van der Waals surface area contributed by atoms with E-state index in [9.17, 15) is 0 Å². The van der Waals surface area contributed by atoms with Gasteiger partial charge in [-0.2, -0.15) is 0 Å². The lowest BCUT2D eigenvalue weighted by atomic mass is 9.62. The van der Waals surface area contributed by atoms with Crippen LogP contribution in [0.5, 0.6) is 0 Å². The maximum Gasteiger partial charge on any atom is 0.0742 e. The number of benzene rings is 11. The lowest BCUT2D eigenvalue weighted by molar-refractivity contribution is 0.730. The van der Waals surface area contributed by atoms with Crippen LogP contribution in [-0.2, 0) is 5.41 Å². The molecule has 3 heteroatoms. The minimum atomic E-state index is -0.723. The summed E-state index contributed by atoms with van der Waals surface area (Å²) in [5.41, 5.74) is 26.5.